The zero-order valence-corrected chi connectivity index (χ0v) is 17.1. The summed E-state index contributed by atoms with van der Waals surface area (Å²) < 4.78 is 5.41. The molecule has 0 spiro atoms. The van der Waals surface area contributed by atoms with Crippen molar-refractivity contribution in [2.75, 3.05) is 31.1 Å². The van der Waals surface area contributed by atoms with Crippen LogP contribution in [0.4, 0.5) is 10.5 Å². The van der Waals surface area contributed by atoms with Gasteiger partial charge in [-0.2, -0.15) is 0 Å². The highest BCUT2D eigenvalue weighted by Gasteiger charge is 2.25. The minimum absolute atomic E-state index is 0.298. The van der Waals surface area contributed by atoms with Gasteiger partial charge in [-0.15, -0.1) is 0 Å². The molecule has 1 amide bonds. The van der Waals surface area contributed by atoms with Crippen molar-refractivity contribution in [3.63, 3.8) is 0 Å². The van der Waals surface area contributed by atoms with Crippen LogP contribution in [0.15, 0.2) is 48.5 Å². The van der Waals surface area contributed by atoms with E-state index in [1.165, 1.54) is 16.8 Å². The molecule has 2 N–H and O–H groups in total. The molecule has 0 radical (unpaired) electrons. The molecule has 1 aliphatic rings. The first kappa shape index (κ1) is 20.2. The van der Waals surface area contributed by atoms with Gasteiger partial charge >= 0.3 is 6.09 Å². The maximum absolute atomic E-state index is 11.4. The zero-order chi connectivity index (χ0) is 20.1. The van der Waals surface area contributed by atoms with Crippen LogP contribution in [0.5, 0.6) is 0 Å². The van der Waals surface area contributed by atoms with Gasteiger partial charge in [0.15, 0.2) is 0 Å². The number of hydrogen-bond donors (Lipinski definition) is 1. The lowest BCUT2D eigenvalue weighted by atomic mass is 10.0. The molecule has 1 heterocycles. The molecule has 150 valence electrons. The predicted molar refractivity (Wildman–Crippen MR) is 114 cm³/mol. The van der Waals surface area contributed by atoms with Gasteiger partial charge in [0.05, 0.1) is 0 Å². The van der Waals surface area contributed by atoms with Gasteiger partial charge in [0, 0.05) is 44.3 Å². The van der Waals surface area contributed by atoms with E-state index in [1.807, 2.05) is 30.3 Å². The quantitative estimate of drug-likeness (QED) is 0.820. The standard InChI is InChI=1S/C23H31N3O2/c1-17-9-10-21(15-18(17)2)26-13-11-25(12-14-26)19(3)16-22(28-23(24)27)20-7-5-4-6-8-20/h4-10,15,19,22H,11-14,16H2,1-3H3,(H2,24,27). The van der Waals surface area contributed by atoms with E-state index in [9.17, 15) is 4.79 Å². The highest BCUT2D eigenvalue weighted by Crippen LogP contribution is 2.26. The number of primary amides is 1. The van der Waals surface area contributed by atoms with E-state index in [0.717, 1.165) is 38.2 Å². The smallest absolute Gasteiger partial charge is 0.405 e. The molecule has 0 bridgehead atoms. The van der Waals surface area contributed by atoms with E-state index in [4.69, 9.17) is 10.5 Å². The number of nitrogens with two attached hydrogens (primary N) is 1. The van der Waals surface area contributed by atoms with E-state index in [2.05, 4.69) is 48.8 Å². The van der Waals surface area contributed by atoms with Gasteiger partial charge in [0.25, 0.3) is 0 Å². The Kier molecular flexibility index (Phi) is 6.57. The van der Waals surface area contributed by atoms with Crippen molar-refractivity contribution in [3.8, 4) is 0 Å². The molecule has 2 atom stereocenters. The molecular formula is C23H31N3O2. The van der Waals surface area contributed by atoms with E-state index in [1.54, 1.807) is 0 Å². The molecule has 3 rings (SSSR count). The molecule has 2 aromatic rings. The number of hydrogen-bond acceptors (Lipinski definition) is 4. The molecule has 2 aromatic carbocycles. The van der Waals surface area contributed by atoms with Crippen molar-refractivity contribution >= 4 is 11.8 Å². The molecule has 2 unspecified atom stereocenters. The van der Waals surface area contributed by atoms with Crippen LogP contribution in [-0.4, -0.2) is 43.2 Å². The first-order chi connectivity index (χ1) is 13.4. The fraction of sp³-hybridized carbons (Fsp3) is 0.435. The maximum Gasteiger partial charge on any atom is 0.405 e. The van der Waals surface area contributed by atoms with Crippen molar-refractivity contribution in [2.45, 2.75) is 39.3 Å². The number of nitrogens with zero attached hydrogens (tertiary/aromatic N) is 2. The Bertz CT molecular complexity index is 786. The summed E-state index contributed by atoms with van der Waals surface area (Å²) in [5, 5.41) is 0. The van der Waals surface area contributed by atoms with Crippen molar-refractivity contribution in [1.82, 2.24) is 4.90 Å². The number of anilines is 1. The summed E-state index contributed by atoms with van der Waals surface area (Å²) in [7, 11) is 0. The Hall–Kier alpha value is -2.53. The third kappa shape index (κ3) is 5.04. The summed E-state index contributed by atoms with van der Waals surface area (Å²) in [6.45, 7) is 10.5. The number of benzene rings is 2. The SMILES string of the molecule is Cc1ccc(N2CCN(C(C)CC(OC(N)=O)c3ccccc3)CC2)cc1C. The molecule has 5 nitrogen and oxygen atoms in total. The van der Waals surface area contributed by atoms with Gasteiger partial charge in [-0.3, -0.25) is 4.90 Å². The number of aryl methyl sites for hydroxylation is 2. The number of amides is 1. The lowest BCUT2D eigenvalue weighted by molar-refractivity contribution is 0.0740. The van der Waals surface area contributed by atoms with Crippen molar-refractivity contribution in [1.29, 1.82) is 0 Å². The number of rotatable bonds is 6. The predicted octanol–water partition coefficient (Wildman–Crippen LogP) is 4.04. The number of carbonyl (C=O) groups excluding carboxylic acids is 1. The zero-order valence-electron chi connectivity index (χ0n) is 17.1. The van der Waals surface area contributed by atoms with Gasteiger partial charge in [-0.1, -0.05) is 36.4 Å². The highest BCUT2D eigenvalue weighted by molar-refractivity contribution is 5.65. The van der Waals surface area contributed by atoms with Crippen LogP contribution < -0.4 is 10.6 Å². The van der Waals surface area contributed by atoms with E-state index < -0.39 is 6.09 Å². The fourth-order valence-electron chi connectivity index (χ4n) is 3.86. The third-order valence-corrected chi connectivity index (χ3v) is 5.78. The molecular weight excluding hydrogens is 350 g/mol. The van der Waals surface area contributed by atoms with Gasteiger partial charge in [0.2, 0.25) is 0 Å². The van der Waals surface area contributed by atoms with Crippen LogP contribution >= 0.6 is 0 Å². The Morgan fingerprint density at radius 1 is 1.04 bits per heavy atom. The molecule has 1 fully saturated rings. The highest BCUT2D eigenvalue weighted by atomic mass is 16.6. The maximum atomic E-state index is 11.4. The molecule has 5 heteroatoms. The molecule has 0 aromatic heterocycles. The van der Waals surface area contributed by atoms with Gasteiger partial charge in [0.1, 0.15) is 6.10 Å². The van der Waals surface area contributed by atoms with Crippen molar-refractivity contribution in [3.05, 3.63) is 65.2 Å². The van der Waals surface area contributed by atoms with Crippen LogP contribution in [0.2, 0.25) is 0 Å². The van der Waals surface area contributed by atoms with Crippen LogP contribution in [-0.2, 0) is 4.74 Å². The van der Waals surface area contributed by atoms with Crippen LogP contribution in [0.25, 0.3) is 0 Å². The fourth-order valence-corrected chi connectivity index (χ4v) is 3.86. The molecule has 1 aliphatic heterocycles. The Balaban J connectivity index is 1.59. The van der Waals surface area contributed by atoms with Crippen molar-refractivity contribution in [2.24, 2.45) is 5.73 Å². The summed E-state index contributed by atoms with van der Waals surface area (Å²) in [6.07, 6.45) is -0.302. The number of carbonyl (C=O) groups is 1. The first-order valence-electron chi connectivity index (χ1n) is 10.0. The summed E-state index contributed by atoms with van der Waals surface area (Å²) in [6, 6.07) is 16.8. The monoisotopic (exact) mass is 381 g/mol. The molecule has 28 heavy (non-hydrogen) atoms. The summed E-state index contributed by atoms with van der Waals surface area (Å²) in [5.41, 5.74) is 10.3. The van der Waals surface area contributed by atoms with Crippen LogP contribution in [0.3, 0.4) is 0 Å². The lowest BCUT2D eigenvalue weighted by Gasteiger charge is -2.40. The van der Waals surface area contributed by atoms with Gasteiger partial charge < -0.3 is 15.4 Å². The largest absolute Gasteiger partial charge is 0.441 e. The summed E-state index contributed by atoms with van der Waals surface area (Å²) >= 11 is 0. The van der Waals surface area contributed by atoms with Crippen molar-refractivity contribution < 1.29 is 9.53 Å². The Labute approximate surface area is 168 Å². The number of ether oxygens (including phenoxy) is 1. The number of piperazine rings is 1. The summed E-state index contributed by atoms with van der Waals surface area (Å²) in [4.78, 5) is 16.3. The van der Waals surface area contributed by atoms with E-state index in [0.29, 0.717) is 6.04 Å². The second kappa shape index (κ2) is 9.11. The van der Waals surface area contributed by atoms with Gasteiger partial charge in [-0.25, -0.2) is 4.79 Å². The third-order valence-electron chi connectivity index (χ3n) is 5.78. The lowest BCUT2D eigenvalue weighted by Crippen LogP contribution is -2.50. The van der Waals surface area contributed by atoms with E-state index in [-0.39, 0.29) is 6.10 Å². The summed E-state index contributed by atoms with van der Waals surface area (Å²) in [5.74, 6) is 0. The second-order valence-electron chi connectivity index (χ2n) is 7.71. The first-order valence-corrected chi connectivity index (χ1v) is 10.0. The van der Waals surface area contributed by atoms with Crippen LogP contribution in [0.1, 0.15) is 36.1 Å². The Morgan fingerprint density at radius 3 is 2.32 bits per heavy atom. The molecule has 0 aliphatic carbocycles. The topological polar surface area (TPSA) is 58.8 Å². The average molecular weight is 382 g/mol. The Morgan fingerprint density at radius 2 is 1.71 bits per heavy atom. The minimum Gasteiger partial charge on any atom is -0.441 e. The van der Waals surface area contributed by atoms with Crippen LogP contribution in [0, 0.1) is 13.8 Å². The van der Waals surface area contributed by atoms with Gasteiger partial charge in [-0.05, 0) is 49.6 Å². The molecule has 1 saturated heterocycles. The average Bonchev–Trinajstić information content (AvgIpc) is 2.70. The molecule has 0 saturated carbocycles. The normalized spacial score (nSPS) is 17.2. The minimum atomic E-state index is -0.722. The van der Waals surface area contributed by atoms with E-state index >= 15 is 0 Å². The second-order valence-corrected chi connectivity index (χ2v) is 7.71.